The van der Waals surface area contributed by atoms with Gasteiger partial charge in [-0.05, 0) is 28.9 Å². The second-order valence-corrected chi connectivity index (χ2v) is 6.80. The van der Waals surface area contributed by atoms with Gasteiger partial charge < -0.3 is 10.7 Å². The fourth-order valence-electron chi connectivity index (χ4n) is 2.84. The van der Waals surface area contributed by atoms with Gasteiger partial charge in [0.05, 0.1) is 0 Å². The number of carbonyl (C=O) groups is 1. The highest BCUT2D eigenvalue weighted by atomic mass is 35.5. The zero-order valence-corrected chi connectivity index (χ0v) is 13.0. The van der Waals surface area contributed by atoms with Gasteiger partial charge in [-0.15, -0.1) is 0 Å². The van der Waals surface area contributed by atoms with E-state index in [0.717, 1.165) is 0 Å². The van der Waals surface area contributed by atoms with Crippen molar-refractivity contribution in [2.24, 2.45) is 22.6 Å². The first-order chi connectivity index (χ1) is 9.20. The first kappa shape index (κ1) is 15.1. The van der Waals surface area contributed by atoms with Crippen molar-refractivity contribution >= 4 is 23.3 Å². The maximum atomic E-state index is 12.2. The summed E-state index contributed by atoms with van der Waals surface area (Å²) in [5.41, 5.74) is 3.34. The highest BCUT2D eigenvalue weighted by Gasteiger charge is 2.64. The number of aromatic nitrogens is 1. The average molecular weight is 297 g/mol. The van der Waals surface area contributed by atoms with Crippen LogP contribution in [0.1, 0.15) is 38.1 Å². The third-order valence-corrected chi connectivity index (χ3v) is 5.18. The summed E-state index contributed by atoms with van der Waals surface area (Å²) in [6, 6.07) is 3.10. The van der Waals surface area contributed by atoms with E-state index in [4.69, 9.17) is 17.4 Å². The molecule has 4 N–H and O–H groups in total. The van der Waals surface area contributed by atoms with E-state index >= 15 is 0 Å². The maximum absolute atomic E-state index is 12.2. The molecule has 1 amide bonds. The Balaban J connectivity index is 2.02. The zero-order valence-electron chi connectivity index (χ0n) is 12.2. The van der Waals surface area contributed by atoms with Gasteiger partial charge in [0.15, 0.2) is 0 Å². The van der Waals surface area contributed by atoms with Gasteiger partial charge in [-0.1, -0.05) is 39.3 Å². The van der Waals surface area contributed by atoms with E-state index in [1.54, 1.807) is 6.07 Å². The molecule has 0 spiro atoms. The molecule has 1 aliphatic carbocycles. The van der Waals surface area contributed by atoms with Gasteiger partial charge in [-0.25, -0.2) is 10.8 Å². The number of hydrogen-bond acceptors (Lipinski definition) is 4. The summed E-state index contributed by atoms with van der Waals surface area (Å²) in [6.07, 6.45) is 0. The lowest BCUT2D eigenvalue weighted by Crippen LogP contribution is -2.27. The lowest BCUT2D eigenvalue weighted by molar-refractivity contribution is 0.0950. The molecule has 0 aliphatic heterocycles. The molecule has 1 saturated carbocycles. The Morgan fingerprint density at radius 1 is 1.35 bits per heavy atom. The number of pyridine rings is 1. The number of rotatable bonds is 4. The maximum Gasteiger partial charge on any atom is 0.251 e. The number of anilines is 1. The third-order valence-electron chi connectivity index (χ3n) is 4.99. The van der Waals surface area contributed by atoms with Crippen LogP contribution < -0.4 is 16.6 Å². The first-order valence-electron chi connectivity index (χ1n) is 6.62. The Labute approximate surface area is 124 Å². The summed E-state index contributed by atoms with van der Waals surface area (Å²) >= 11 is 5.85. The number of amides is 1. The molecule has 1 fully saturated rings. The average Bonchev–Trinajstić information content (AvgIpc) is 2.76. The Bertz CT molecular complexity index is 528. The lowest BCUT2D eigenvalue weighted by Gasteiger charge is -2.08. The van der Waals surface area contributed by atoms with Gasteiger partial charge in [-0.2, -0.15) is 0 Å². The highest BCUT2D eigenvalue weighted by molar-refractivity contribution is 6.29. The van der Waals surface area contributed by atoms with E-state index in [2.05, 4.69) is 43.4 Å². The van der Waals surface area contributed by atoms with E-state index in [1.807, 2.05) is 0 Å². The molecule has 0 saturated heterocycles. The van der Waals surface area contributed by atoms with Crippen molar-refractivity contribution in [2.45, 2.75) is 27.7 Å². The Morgan fingerprint density at radius 3 is 2.45 bits per heavy atom. The Kier molecular flexibility index (Phi) is 3.69. The Hall–Kier alpha value is -1.33. The van der Waals surface area contributed by atoms with Gasteiger partial charge in [0.25, 0.3) is 5.91 Å². The SMILES string of the molecule is CC1(C)C(CNC(=O)c2cc(Cl)nc(NN)c2)C1(C)C. The van der Waals surface area contributed by atoms with Gasteiger partial charge >= 0.3 is 0 Å². The fourth-order valence-corrected chi connectivity index (χ4v) is 3.05. The van der Waals surface area contributed by atoms with Crippen LogP contribution in [0.3, 0.4) is 0 Å². The Morgan fingerprint density at radius 2 is 1.95 bits per heavy atom. The van der Waals surface area contributed by atoms with Crippen LogP contribution in [0.2, 0.25) is 5.15 Å². The van der Waals surface area contributed by atoms with E-state index < -0.39 is 0 Å². The summed E-state index contributed by atoms with van der Waals surface area (Å²) in [4.78, 5) is 16.1. The lowest BCUT2D eigenvalue weighted by atomic mass is 10.0. The predicted octanol–water partition coefficient (Wildman–Crippen LogP) is 2.43. The normalized spacial score (nSPS) is 19.5. The summed E-state index contributed by atoms with van der Waals surface area (Å²) in [6.45, 7) is 9.56. The molecule has 1 aromatic rings. The number of halogens is 1. The summed E-state index contributed by atoms with van der Waals surface area (Å²) < 4.78 is 0. The molecule has 0 atom stereocenters. The van der Waals surface area contributed by atoms with Crippen molar-refractivity contribution in [1.82, 2.24) is 10.3 Å². The molecule has 0 radical (unpaired) electrons. The third kappa shape index (κ3) is 2.47. The highest BCUT2D eigenvalue weighted by Crippen LogP contribution is 2.67. The van der Waals surface area contributed by atoms with Gasteiger partial charge in [0.1, 0.15) is 11.0 Å². The fraction of sp³-hybridized carbons (Fsp3) is 0.571. The molecule has 1 aromatic heterocycles. The van der Waals surface area contributed by atoms with Crippen molar-refractivity contribution in [3.05, 3.63) is 22.8 Å². The molecule has 110 valence electrons. The van der Waals surface area contributed by atoms with Crippen LogP contribution in [0.25, 0.3) is 0 Å². The van der Waals surface area contributed by atoms with Crippen LogP contribution >= 0.6 is 11.6 Å². The molecule has 6 heteroatoms. The largest absolute Gasteiger partial charge is 0.352 e. The van der Waals surface area contributed by atoms with Gasteiger partial charge in [0, 0.05) is 12.1 Å². The van der Waals surface area contributed by atoms with Crippen LogP contribution in [0.5, 0.6) is 0 Å². The smallest absolute Gasteiger partial charge is 0.251 e. The van der Waals surface area contributed by atoms with Crippen molar-refractivity contribution in [3.63, 3.8) is 0 Å². The number of nitrogen functional groups attached to an aromatic ring is 1. The molecular weight excluding hydrogens is 276 g/mol. The second-order valence-electron chi connectivity index (χ2n) is 6.41. The first-order valence-corrected chi connectivity index (χ1v) is 7.00. The predicted molar refractivity (Wildman–Crippen MR) is 80.4 cm³/mol. The quantitative estimate of drug-likeness (QED) is 0.453. The standard InChI is InChI=1S/C14H21ClN4O/c1-13(2)9(14(13,3)4)7-17-12(20)8-5-10(15)18-11(6-8)19-16/h5-6,9H,7,16H2,1-4H3,(H,17,20)(H,18,19). The molecule has 0 bridgehead atoms. The summed E-state index contributed by atoms with van der Waals surface area (Å²) in [5.74, 6) is 5.97. The van der Waals surface area contributed by atoms with E-state index in [9.17, 15) is 4.79 Å². The minimum atomic E-state index is -0.163. The van der Waals surface area contributed by atoms with Gasteiger partial charge in [0.2, 0.25) is 0 Å². The van der Waals surface area contributed by atoms with E-state index in [0.29, 0.717) is 23.8 Å². The van der Waals surface area contributed by atoms with Crippen LogP contribution in [0.15, 0.2) is 12.1 Å². The molecule has 0 aromatic carbocycles. The number of nitrogens with one attached hydrogen (secondary N) is 2. The van der Waals surface area contributed by atoms with Crippen LogP contribution in [-0.2, 0) is 0 Å². The van der Waals surface area contributed by atoms with E-state index in [1.165, 1.54) is 6.07 Å². The number of hydrogen-bond donors (Lipinski definition) is 3. The summed E-state index contributed by atoms with van der Waals surface area (Å²) in [7, 11) is 0. The second kappa shape index (κ2) is 4.90. The van der Waals surface area contributed by atoms with Crippen molar-refractivity contribution in [3.8, 4) is 0 Å². The zero-order chi connectivity index (χ0) is 15.1. The molecule has 5 nitrogen and oxygen atoms in total. The molecule has 2 rings (SSSR count). The number of nitrogens with two attached hydrogens (primary N) is 1. The molecular formula is C14H21ClN4O. The van der Waals surface area contributed by atoms with Gasteiger partial charge in [-0.3, -0.25) is 4.79 Å². The number of hydrazine groups is 1. The van der Waals surface area contributed by atoms with Crippen molar-refractivity contribution in [2.75, 3.05) is 12.0 Å². The van der Waals surface area contributed by atoms with E-state index in [-0.39, 0.29) is 21.9 Å². The number of nitrogens with zero attached hydrogens (tertiary/aromatic N) is 1. The minimum Gasteiger partial charge on any atom is -0.352 e. The van der Waals surface area contributed by atoms with Crippen LogP contribution in [0.4, 0.5) is 5.82 Å². The van der Waals surface area contributed by atoms with Crippen molar-refractivity contribution in [1.29, 1.82) is 0 Å². The summed E-state index contributed by atoms with van der Waals surface area (Å²) in [5, 5.41) is 3.19. The molecule has 20 heavy (non-hydrogen) atoms. The minimum absolute atomic E-state index is 0.163. The molecule has 1 aliphatic rings. The monoisotopic (exact) mass is 296 g/mol. The topological polar surface area (TPSA) is 80.0 Å². The van der Waals surface area contributed by atoms with Crippen molar-refractivity contribution < 1.29 is 4.79 Å². The molecule has 1 heterocycles. The van der Waals surface area contributed by atoms with Crippen LogP contribution in [-0.4, -0.2) is 17.4 Å². The molecule has 0 unspecified atom stereocenters. The van der Waals surface area contributed by atoms with Crippen LogP contribution in [0, 0.1) is 16.7 Å². The number of carbonyl (C=O) groups excluding carboxylic acids is 1.